The first kappa shape index (κ1) is 6.45. The molecule has 66 valence electrons. The van der Waals surface area contributed by atoms with Crippen molar-refractivity contribution in [3.8, 4) is 0 Å². The van der Waals surface area contributed by atoms with Crippen molar-refractivity contribution in [1.82, 2.24) is 0 Å². The molecule has 4 rings (SSSR count). The van der Waals surface area contributed by atoms with E-state index >= 15 is 0 Å². The fraction of sp³-hybridized carbons (Fsp3) is 1.00. The van der Waals surface area contributed by atoms with Crippen LogP contribution in [0, 0.1) is 22.7 Å². The molecule has 4 fully saturated rings. The van der Waals surface area contributed by atoms with E-state index in [4.69, 9.17) is 0 Å². The maximum absolute atomic E-state index is 1.62. The highest BCUT2D eigenvalue weighted by Crippen LogP contribution is 2.95. The molecule has 2 spiro atoms. The quantitative estimate of drug-likeness (QED) is 0.512. The third kappa shape index (κ3) is 0.459. The Hall–Kier alpha value is 0. The maximum atomic E-state index is 1.62. The first-order valence-electron chi connectivity index (χ1n) is 5.90. The van der Waals surface area contributed by atoms with Crippen LogP contribution >= 0.6 is 0 Å². The molecule has 0 amide bonds. The lowest BCUT2D eigenvalue weighted by molar-refractivity contribution is 0.199. The minimum atomic E-state index is 0.977. The smallest absolute Gasteiger partial charge is 0.0224 e. The van der Waals surface area contributed by atoms with Gasteiger partial charge in [0.15, 0.2) is 0 Å². The molecule has 0 bridgehead atoms. The van der Waals surface area contributed by atoms with Crippen molar-refractivity contribution in [1.29, 1.82) is 0 Å². The lowest BCUT2D eigenvalue weighted by Crippen LogP contribution is -2.21. The second-order valence-corrected chi connectivity index (χ2v) is 5.84. The van der Waals surface area contributed by atoms with Crippen molar-refractivity contribution >= 4 is 0 Å². The summed E-state index contributed by atoms with van der Waals surface area (Å²) in [6.07, 6.45) is 12.7. The number of hydrogen-bond donors (Lipinski definition) is 0. The van der Waals surface area contributed by atoms with E-state index in [-0.39, 0.29) is 0 Å². The molecule has 0 aromatic rings. The van der Waals surface area contributed by atoms with Gasteiger partial charge in [0.1, 0.15) is 0 Å². The molecule has 0 atom stereocenters. The van der Waals surface area contributed by atoms with Crippen LogP contribution in [-0.2, 0) is 0 Å². The van der Waals surface area contributed by atoms with Gasteiger partial charge in [-0.2, -0.15) is 0 Å². The Labute approximate surface area is 74.7 Å². The lowest BCUT2D eigenvalue weighted by atomic mass is 9.76. The first-order valence-corrected chi connectivity index (χ1v) is 5.90. The van der Waals surface area contributed by atoms with Gasteiger partial charge in [0.05, 0.1) is 0 Å². The van der Waals surface area contributed by atoms with Gasteiger partial charge in [-0.1, -0.05) is 25.7 Å². The van der Waals surface area contributed by atoms with E-state index in [1.807, 2.05) is 0 Å². The number of hydrogen-bond acceptors (Lipinski definition) is 0. The topological polar surface area (TPSA) is 0 Å². The van der Waals surface area contributed by atoms with E-state index in [2.05, 4.69) is 0 Å². The van der Waals surface area contributed by atoms with Gasteiger partial charge in [0.2, 0.25) is 0 Å². The molecule has 0 unspecified atom stereocenters. The average Bonchev–Trinajstić information content (AvgIpc) is 2.73. The molecule has 4 aliphatic carbocycles. The summed E-state index contributed by atoms with van der Waals surface area (Å²) < 4.78 is 0. The van der Waals surface area contributed by atoms with Gasteiger partial charge in [0, 0.05) is 0 Å². The first-order chi connectivity index (χ1) is 5.90. The molecule has 0 aromatic carbocycles. The Morgan fingerprint density at radius 3 is 1.25 bits per heavy atom. The van der Waals surface area contributed by atoms with Gasteiger partial charge in [-0.3, -0.25) is 0 Å². The molecule has 0 heteroatoms. The molecular formula is C12H18. The van der Waals surface area contributed by atoms with E-state index in [0.717, 1.165) is 10.8 Å². The summed E-state index contributed by atoms with van der Waals surface area (Å²) in [5, 5.41) is 0. The van der Waals surface area contributed by atoms with Crippen molar-refractivity contribution in [2.45, 2.75) is 51.4 Å². The second kappa shape index (κ2) is 1.63. The predicted octanol–water partition coefficient (Wildman–Crippen LogP) is 3.37. The van der Waals surface area contributed by atoms with Crippen LogP contribution in [-0.4, -0.2) is 0 Å². The summed E-state index contributed by atoms with van der Waals surface area (Å²) in [6, 6.07) is 0. The van der Waals surface area contributed by atoms with Crippen molar-refractivity contribution in [3.63, 3.8) is 0 Å². The summed E-state index contributed by atoms with van der Waals surface area (Å²) >= 11 is 0. The van der Waals surface area contributed by atoms with Crippen LogP contribution in [0.3, 0.4) is 0 Å². The monoisotopic (exact) mass is 162 g/mol. The van der Waals surface area contributed by atoms with Crippen molar-refractivity contribution in [2.24, 2.45) is 22.7 Å². The predicted molar refractivity (Wildman–Crippen MR) is 48.8 cm³/mol. The zero-order valence-electron chi connectivity index (χ0n) is 7.81. The Morgan fingerprint density at radius 1 is 0.583 bits per heavy atom. The molecule has 0 nitrogen and oxygen atoms in total. The normalized spacial score (nSPS) is 50.0. The number of rotatable bonds is 0. The van der Waals surface area contributed by atoms with Crippen LogP contribution in [0.2, 0.25) is 0 Å². The maximum Gasteiger partial charge on any atom is -0.0224 e. The largest absolute Gasteiger partial charge is 0.0527 e. The summed E-state index contributed by atoms with van der Waals surface area (Å²) in [4.78, 5) is 0. The van der Waals surface area contributed by atoms with E-state index in [0.29, 0.717) is 0 Å². The van der Waals surface area contributed by atoms with Gasteiger partial charge >= 0.3 is 0 Å². The second-order valence-electron chi connectivity index (χ2n) is 5.84. The SMILES string of the molecule is C1CCC2(C1)C1C2C12CCCC2. The van der Waals surface area contributed by atoms with Gasteiger partial charge in [-0.05, 0) is 48.3 Å². The van der Waals surface area contributed by atoms with Crippen LogP contribution in [0.5, 0.6) is 0 Å². The van der Waals surface area contributed by atoms with E-state index in [1.165, 1.54) is 11.8 Å². The van der Waals surface area contributed by atoms with Gasteiger partial charge < -0.3 is 0 Å². The Bertz CT molecular complexity index is 190. The molecule has 0 aromatic heterocycles. The van der Waals surface area contributed by atoms with Crippen LogP contribution in [0.4, 0.5) is 0 Å². The molecule has 0 saturated heterocycles. The number of fused-ring (bicyclic) bond motifs is 5. The highest BCUT2D eigenvalue weighted by Gasteiger charge is 2.90. The molecule has 0 N–H and O–H groups in total. The highest BCUT2D eigenvalue weighted by atomic mass is 14.9. The standard InChI is InChI=1S/C12H18/c1-2-6-11(5-1)9-10(11)12(9)7-3-4-8-12/h9-10H,1-8H2. The van der Waals surface area contributed by atoms with Crippen LogP contribution in [0.15, 0.2) is 0 Å². The van der Waals surface area contributed by atoms with Crippen LogP contribution < -0.4 is 0 Å². The highest BCUT2D eigenvalue weighted by molar-refractivity contribution is 5.37. The van der Waals surface area contributed by atoms with E-state index in [9.17, 15) is 0 Å². The van der Waals surface area contributed by atoms with Gasteiger partial charge in [0.25, 0.3) is 0 Å². The van der Waals surface area contributed by atoms with Crippen molar-refractivity contribution < 1.29 is 0 Å². The third-order valence-corrected chi connectivity index (χ3v) is 5.66. The summed E-state index contributed by atoms with van der Waals surface area (Å²) in [6.45, 7) is 0. The average molecular weight is 162 g/mol. The molecule has 12 heavy (non-hydrogen) atoms. The minimum absolute atomic E-state index is 0.977. The van der Waals surface area contributed by atoms with Gasteiger partial charge in [-0.25, -0.2) is 0 Å². The van der Waals surface area contributed by atoms with Crippen molar-refractivity contribution in [2.75, 3.05) is 0 Å². The third-order valence-electron chi connectivity index (χ3n) is 5.66. The zero-order valence-corrected chi connectivity index (χ0v) is 7.81. The van der Waals surface area contributed by atoms with Gasteiger partial charge in [-0.15, -0.1) is 0 Å². The van der Waals surface area contributed by atoms with Crippen molar-refractivity contribution in [3.05, 3.63) is 0 Å². The zero-order chi connectivity index (χ0) is 7.81. The molecule has 4 saturated carbocycles. The van der Waals surface area contributed by atoms with E-state index < -0.39 is 0 Å². The minimum Gasteiger partial charge on any atom is -0.0527 e. The molecule has 0 heterocycles. The summed E-state index contributed by atoms with van der Waals surface area (Å²) in [5.74, 6) is 2.52. The molecular weight excluding hydrogens is 144 g/mol. The molecule has 0 radical (unpaired) electrons. The van der Waals surface area contributed by atoms with Crippen LogP contribution in [0.25, 0.3) is 0 Å². The summed E-state index contributed by atoms with van der Waals surface area (Å²) in [7, 11) is 0. The lowest BCUT2D eigenvalue weighted by Gasteiger charge is -2.28. The fourth-order valence-corrected chi connectivity index (χ4v) is 5.34. The Balaban J connectivity index is 1.59. The van der Waals surface area contributed by atoms with Crippen LogP contribution in [0.1, 0.15) is 51.4 Å². The summed E-state index contributed by atoms with van der Waals surface area (Å²) in [5.41, 5.74) is 1.95. The molecule has 4 aliphatic rings. The molecule has 0 aliphatic heterocycles. The fourth-order valence-electron chi connectivity index (χ4n) is 5.34. The Kier molecular flexibility index (Phi) is 0.875. The Morgan fingerprint density at radius 2 is 0.917 bits per heavy atom. The van der Waals surface area contributed by atoms with E-state index in [1.54, 1.807) is 51.4 Å².